The van der Waals surface area contributed by atoms with E-state index in [9.17, 15) is 0 Å². The number of hydrogen-bond donors (Lipinski definition) is 2. The highest BCUT2D eigenvalue weighted by molar-refractivity contribution is 7.41. The molecule has 74 valence electrons. The van der Waals surface area contributed by atoms with Crippen LogP contribution in [0.4, 0.5) is 0 Å². The largest absolute Gasteiger partial charge is 0.322 e. The third-order valence-electron chi connectivity index (χ3n) is 3.15. The van der Waals surface area contributed by atoms with E-state index < -0.39 is 0 Å². The quantitative estimate of drug-likeness (QED) is 0.633. The molecule has 0 fully saturated rings. The van der Waals surface area contributed by atoms with Crippen molar-refractivity contribution in [2.45, 2.75) is 45.4 Å². The molecule has 0 bridgehead atoms. The maximum absolute atomic E-state index is 3.31. The highest BCUT2D eigenvalue weighted by Crippen LogP contribution is 2.38. The third-order valence-corrected chi connectivity index (χ3v) is 4.21. The van der Waals surface area contributed by atoms with Crippen LogP contribution in [0, 0.1) is 5.92 Å². The lowest BCUT2D eigenvalue weighted by atomic mass is 9.92. The zero-order chi connectivity index (χ0) is 9.10. The Labute approximate surface area is 82.4 Å². The lowest BCUT2D eigenvalue weighted by Gasteiger charge is -2.18. The van der Waals surface area contributed by atoms with Gasteiger partial charge in [-0.3, -0.25) is 0 Å². The first-order valence-corrected chi connectivity index (χ1v) is 6.39. The Morgan fingerprint density at radius 3 is 3.23 bits per heavy atom. The molecule has 0 radical (unpaired) electrons. The standard InChI is InChI=1S/C10H19N2P/c1-2-8-5-3-4-6-9-10(7-8)13-12-11-9/h8,11-13H,2-7H2,1H3. The van der Waals surface area contributed by atoms with Crippen LogP contribution in [-0.2, 0) is 0 Å². The molecule has 1 aliphatic heterocycles. The first kappa shape index (κ1) is 9.48. The summed E-state index contributed by atoms with van der Waals surface area (Å²) < 4.78 is 0. The van der Waals surface area contributed by atoms with Crippen LogP contribution in [0.15, 0.2) is 11.0 Å². The molecule has 0 spiro atoms. The van der Waals surface area contributed by atoms with Crippen LogP contribution in [-0.4, -0.2) is 0 Å². The zero-order valence-corrected chi connectivity index (χ0v) is 9.32. The molecule has 0 saturated heterocycles. The molecule has 2 N–H and O–H groups in total. The summed E-state index contributed by atoms with van der Waals surface area (Å²) in [7, 11) is 0.838. The van der Waals surface area contributed by atoms with Gasteiger partial charge in [-0.1, -0.05) is 26.2 Å². The Morgan fingerprint density at radius 2 is 2.38 bits per heavy atom. The molecule has 13 heavy (non-hydrogen) atoms. The van der Waals surface area contributed by atoms with E-state index >= 15 is 0 Å². The van der Waals surface area contributed by atoms with Crippen molar-refractivity contribution in [2.75, 3.05) is 0 Å². The van der Waals surface area contributed by atoms with Gasteiger partial charge in [0.05, 0.1) is 0 Å². The predicted octanol–water partition coefficient (Wildman–Crippen LogP) is 2.89. The minimum absolute atomic E-state index is 0.838. The number of nitrogens with one attached hydrogen (secondary N) is 2. The van der Waals surface area contributed by atoms with Crippen LogP contribution >= 0.6 is 8.73 Å². The van der Waals surface area contributed by atoms with Crippen molar-refractivity contribution in [1.82, 2.24) is 10.6 Å². The van der Waals surface area contributed by atoms with Crippen LogP contribution in [0.3, 0.4) is 0 Å². The van der Waals surface area contributed by atoms with Crippen LogP contribution in [0.1, 0.15) is 45.4 Å². The summed E-state index contributed by atoms with van der Waals surface area (Å²) in [5, 5.41) is 4.94. The summed E-state index contributed by atoms with van der Waals surface area (Å²) in [6.45, 7) is 2.32. The van der Waals surface area contributed by atoms with Gasteiger partial charge in [0, 0.05) is 5.70 Å². The maximum Gasteiger partial charge on any atom is 0.0312 e. The second-order valence-corrected chi connectivity index (χ2v) is 5.16. The van der Waals surface area contributed by atoms with E-state index in [-0.39, 0.29) is 0 Å². The van der Waals surface area contributed by atoms with Gasteiger partial charge < -0.3 is 5.43 Å². The van der Waals surface area contributed by atoms with E-state index in [2.05, 4.69) is 17.5 Å². The van der Waals surface area contributed by atoms with Crippen molar-refractivity contribution < 1.29 is 0 Å². The van der Waals surface area contributed by atoms with Gasteiger partial charge in [0.25, 0.3) is 0 Å². The summed E-state index contributed by atoms with van der Waals surface area (Å²) in [4.78, 5) is 0. The van der Waals surface area contributed by atoms with E-state index in [1.807, 2.05) is 0 Å². The highest BCUT2D eigenvalue weighted by Gasteiger charge is 2.19. The van der Waals surface area contributed by atoms with Crippen LogP contribution < -0.4 is 10.6 Å². The van der Waals surface area contributed by atoms with Crippen molar-refractivity contribution in [1.29, 1.82) is 0 Å². The molecule has 2 nitrogen and oxygen atoms in total. The molecule has 0 aromatic carbocycles. The Bertz CT molecular complexity index is 213. The fourth-order valence-corrected chi connectivity index (χ4v) is 3.29. The Morgan fingerprint density at radius 1 is 1.46 bits per heavy atom. The predicted molar refractivity (Wildman–Crippen MR) is 58.5 cm³/mol. The molecule has 0 aromatic rings. The van der Waals surface area contributed by atoms with Gasteiger partial charge in [0.1, 0.15) is 0 Å². The molecule has 0 saturated carbocycles. The van der Waals surface area contributed by atoms with Gasteiger partial charge >= 0.3 is 0 Å². The molecule has 2 aliphatic rings. The summed E-state index contributed by atoms with van der Waals surface area (Å²) in [5.74, 6) is 0.944. The second-order valence-electron chi connectivity index (χ2n) is 4.06. The molecule has 1 heterocycles. The molecule has 2 atom stereocenters. The fraction of sp³-hybridized carbons (Fsp3) is 0.800. The van der Waals surface area contributed by atoms with Gasteiger partial charge in [0.2, 0.25) is 0 Å². The number of rotatable bonds is 1. The van der Waals surface area contributed by atoms with Crippen LogP contribution in [0.5, 0.6) is 0 Å². The fourth-order valence-electron chi connectivity index (χ4n) is 2.19. The molecule has 0 aromatic heterocycles. The average molecular weight is 198 g/mol. The smallest absolute Gasteiger partial charge is 0.0312 e. The van der Waals surface area contributed by atoms with E-state index in [0.29, 0.717) is 0 Å². The maximum atomic E-state index is 3.31. The summed E-state index contributed by atoms with van der Waals surface area (Å²) in [5.41, 5.74) is 4.82. The minimum Gasteiger partial charge on any atom is -0.322 e. The molecule has 2 rings (SSSR count). The summed E-state index contributed by atoms with van der Waals surface area (Å²) >= 11 is 0. The van der Waals surface area contributed by atoms with E-state index in [4.69, 9.17) is 0 Å². The zero-order valence-electron chi connectivity index (χ0n) is 8.32. The van der Waals surface area contributed by atoms with Gasteiger partial charge in [-0.2, -0.15) is 0 Å². The molecule has 2 unspecified atom stereocenters. The topological polar surface area (TPSA) is 24.1 Å². The third kappa shape index (κ3) is 2.24. The normalized spacial score (nSPS) is 31.0. The number of allylic oxidation sites excluding steroid dienone is 2. The highest BCUT2D eigenvalue weighted by atomic mass is 31.1. The first-order valence-electron chi connectivity index (χ1n) is 5.39. The summed E-state index contributed by atoms with van der Waals surface area (Å²) in [6, 6.07) is 0. The first-order chi connectivity index (χ1) is 6.40. The minimum atomic E-state index is 0.838. The Hall–Kier alpha value is -0.0700. The number of hydrazine groups is 1. The van der Waals surface area contributed by atoms with Gasteiger partial charge in [-0.05, 0) is 39.2 Å². The van der Waals surface area contributed by atoms with Gasteiger partial charge in [-0.15, -0.1) is 0 Å². The number of hydrogen-bond acceptors (Lipinski definition) is 2. The van der Waals surface area contributed by atoms with Crippen molar-refractivity contribution >= 4 is 8.73 Å². The molecular formula is C10H19N2P. The SMILES string of the molecule is CCC1CCCCC2=C(C1)PNN2. The van der Waals surface area contributed by atoms with Crippen LogP contribution in [0.25, 0.3) is 0 Å². The van der Waals surface area contributed by atoms with Gasteiger partial charge in [0.15, 0.2) is 0 Å². The molecular weight excluding hydrogens is 179 g/mol. The molecule has 1 aliphatic carbocycles. The summed E-state index contributed by atoms with van der Waals surface area (Å²) in [6.07, 6.45) is 8.18. The lowest BCUT2D eigenvalue weighted by Crippen LogP contribution is -2.18. The monoisotopic (exact) mass is 198 g/mol. The van der Waals surface area contributed by atoms with E-state index in [0.717, 1.165) is 14.6 Å². The van der Waals surface area contributed by atoms with Crippen molar-refractivity contribution in [3.05, 3.63) is 11.0 Å². The van der Waals surface area contributed by atoms with Gasteiger partial charge in [-0.25, -0.2) is 5.20 Å². The van der Waals surface area contributed by atoms with Crippen molar-refractivity contribution in [3.8, 4) is 0 Å². The molecule has 0 amide bonds. The average Bonchev–Trinajstić information content (AvgIpc) is 2.51. The lowest BCUT2D eigenvalue weighted by molar-refractivity contribution is 0.435. The van der Waals surface area contributed by atoms with Crippen molar-refractivity contribution in [3.63, 3.8) is 0 Å². The molecule has 3 heteroatoms. The van der Waals surface area contributed by atoms with Crippen LogP contribution in [0.2, 0.25) is 0 Å². The van der Waals surface area contributed by atoms with E-state index in [1.165, 1.54) is 44.2 Å². The van der Waals surface area contributed by atoms with E-state index in [1.54, 1.807) is 5.31 Å². The Kier molecular flexibility index (Phi) is 3.23. The second kappa shape index (κ2) is 4.43. The van der Waals surface area contributed by atoms with Crippen molar-refractivity contribution in [2.24, 2.45) is 5.92 Å². The Balaban J connectivity index is 2.05.